The van der Waals surface area contributed by atoms with Gasteiger partial charge in [0.2, 0.25) is 0 Å². The first-order valence-electron chi connectivity index (χ1n) is 11.2. The van der Waals surface area contributed by atoms with Gasteiger partial charge in [-0.05, 0) is 74.4 Å². The fourth-order valence-electron chi connectivity index (χ4n) is 3.65. The zero-order valence-corrected chi connectivity index (χ0v) is 20.5. The molecule has 1 heterocycles. The highest BCUT2D eigenvalue weighted by atomic mass is 19.3. The first kappa shape index (κ1) is 27.0. The Labute approximate surface area is 207 Å². The van der Waals surface area contributed by atoms with Gasteiger partial charge in [-0.3, -0.25) is 4.79 Å². The number of alkyl halides is 2. The Morgan fingerprint density at radius 1 is 1.03 bits per heavy atom. The van der Waals surface area contributed by atoms with Gasteiger partial charge in [0.1, 0.15) is 29.5 Å². The van der Waals surface area contributed by atoms with E-state index in [-0.39, 0.29) is 41.5 Å². The second kappa shape index (κ2) is 11.4. The van der Waals surface area contributed by atoms with Crippen molar-refractivity contribution in [3.05, 3.63) is 71.2 Å². The largest absolute Gasteiger partial charge is 0.494 e. The van der Waals surface area contributed by atoms with Gasteiger partial charge in [-0.15, -0.1) is 0 Å². The van der Waals surface area contributed by atoms with E-state index in [1.807, 2.05) is 0 Å². The van der Waals surface area contributed by atoms with Crippen molar-refractivity contribution in [3.8, 4) is 28.5 Å². The summed E-state index contributed by atoms with van der Waals surface area (Å²) in [6.07, 6.45) is -2.61. The number of carbonyl (C=O) groups is 1. The molecule has 1 aromatic heterocycles. The molecule has 0 amide bonds. The maximum atomic E-state index is 13.8. The van der Waals surface area contributed by atoms with Crippen LogP contribution in [0.15, 0.2) is 48.5 Å². The average Bonchev–Trinajstić information content (AvgIpc) is 2.87. The summed E-state index contributed by atoms with van der Waals surface area (Å²) in [5.74, 6) is 0.0936. The van der Waals surface area contributed by atoms with Crippen molar-refractivity contribution in [2.75, 3.05) is 20.8 Å². The molecule has 0 radical (unpaired) electrons. The van der Waals surface area contributed by atoms with E-state index in [0.29, 0.717) is 28.3 Å². The summed E-state index contributed by atoms with van der Waals surface area (Å²) in [5.41, 5.74) is 0.657. The molecule has 0 aliphatic rings. The highest BCUT2D eigenvalue weighted by Crippen LogP contribution is 2.34. The van der Waals surface area contributed by atoms with Crippen molar-refractivity contribution in [3.63, 3.8) is 0 Å². The number of hydrogen-bond acceptors (Lipinski definition) is 6. The van der Waals surface area contributed by atoms with Crippen molar-refractivity contribution in [1.82, 2.24) is 4.98 Å². The van der Waals surface area contributed by atoms with Crippen LogP contribution in [0.3, 0.4) is 0 Å². The third-order valence-corrected chi connectivity index (χ3v) is 5.75. The van der Waals surface area contributed by atoms with E-state index < -0.39 is 18.6 Å². The fourth-order valence-corrected chi connectivity index (χ4v) is 3.65. The number of benzene rings is 2. The number of halogens is 3. The van der Waals surface area contributed by atoms with Crippen LogP contribution in [0.1, 0.15) is 41.4 Å². The van der Waals surface area contributed by atoms with Crippen LogP contribution in [0.5, 0.6) is 17.2 Å². The summed E-state index contributed by atoms with van der Waals surface area (Å²) >= 11 is 0. The third-order valence-electron chi connectivity index (χ3n) is 5.75. The average molecular weight is 504 g/mol. The molecule has 6 nitrogen and oxygen atoms in total. The molecule has 1 N–H and O–H groups in total. The van der Waals surface area contributed by atoms with Gasteiger partial charge in [-0.25, -0.2) is 18.2 Å². The summed E-state index contributed by atoms with van der Waals surface area (Å²) in [7, 11) is 2.84. The van der Waals surface area contributed by atoms with Crippen molar-refractivity contribution < 1.29 is 37.3 Å². The van der Waals surface area contributed by atoms with Crippen molar-refractivity contribution in [1.29, 1.82) is 0 Å². The van der Waals surface area contributed by atoms with Crippen LogP contribution in [0.4, 0.5) is 13.2 Å². The van der Waals surface area contributed by atoms with Gasteiger partial charge >= 0.3 is 0 Å². The monoisotopic (exact) mass is 503 g/mol. The van der Waals surface area contributed by atoms with Crippen molar-refractivity contribution >= 4 is 5.78 Å². The molecular weight excluding hydrogens is 475 g/mol. The zero-order chi connectivity index (χ0) is 26.5. The Morgan fingerprint density at radius 3 is 2.36 bits per heavy atom. The molecule has 0 aliphatic carbocycles. The molecule has 36 heavy (non-hydrogen) atoms. The number of ketones is 1. The van der Waals surface area contributed by atoms with E-state index in [9.17, 15) is 23.1 Å². The second-order valence-corrected chi connectivity index (χ2v) is 8.48. The van der Waals surface area contributed by atoms with Crippen LogP contribution in [0.25, 0.3) is 11.3 Å². The molecule has 0 saturated heterocycles. The quantitative estimate of drug-likeness (QED) is 0.337. The van der Waals surface area contributed by atoms with Gasteiger partial charge in [0, 0.05) is 17.5 Å². The van der Waals surface area contributed by atoms with E-state index in [2.05, 4.69) is 4.98 Å². The number of aromatic nitrogens is 1. The van der Waals surface area contributed by atoms with E-state index in [1.165, 1.54) is 38.5 Å². The van der Waals surface area contributed by atoms with Crippen LogP contribution in [-0.4, -0.2) is 43.1 Å². The van der Waals surface area contributed by atoms with Gasteiger partial charge in [0.05, 0.1) is 19.9 Å². The molecule has 0 spiro atoms. The van der Waals surface area contributed by atoms with E-state index in [4.69, 9.17) is 14.2 Å². The topological polar surface area (TPSA) is 77.9 Å². The Bertz CT molecular complexity index is 1230. The SMILES string of the molecule is COc1cc(C(=O)CCC(C)(O)c2ccc(OC)c(-c3ccc(F)c(C)c3)n2)ccc1OCC(F)F. The molecule has 2 aromatic carbocycles. The van der Waals surface area contributed by atoms with Crippen LogP contribution in [-0.2, 0) is 5.60 Å². The third kappa shape index (κ3) is 6.34. The summed E-state index contributed by atoms with van der Waals surface area (Å²) < 4.78 is 54.2. The summed E-state index contributed by atoms with van der Waals surface area (Å²) in [4.78, 5) is 17.4. The lowest BCUT2D eigenvalue weighted by Gasteiger charge is -2.24. The molecule has 0 bridgehead atoms. The molecule has 0 saturated carbocycles. The number of pyridine rings is 1. The smallest absolute Gasteiger partial charge is 0.272 e. The van der Waals surface area contributed by atoms with Crippen LogP contribution in [0, 0.1) is 12.7 Å². The fraction of sp³-hybridized carbons (Fsp3) is 0.333. The number of aliphatic hydroxyl groups is 1. The standard InChI is InChI=1S/C27H28F3NO5/c1-16-13-18(5-7-19(16)28)26-22(34-3)9-10-24(31-26)27(2,33)12-11-20(32)17-6-8-21(23(14-17)35-4)36-15-25(29)30/h5-10,13-14,25,33H,11-12,15H2,1-4H3. The molecule has 3 rings (SSSR count). The van der Waals surface area contributed by atoms with E-state index >= 15 is 0 Å². The van der Waals surface area contributed by atoms with Gasteiger partial charge in [-0.2, -0.15) is 0 Å². The number of rotatable bonds is 11. The Morgan fingerprint density at radius 2 is 1.72 bits per heavy atom. The van der Waals surface area contributed by atoms with Gasteiger partial charge in [0.15, 0.2) is 17.3 Å². The van der Waals surface area contributed by atoms with Crippen LogP contribution >= 0.6 is 0 Å². The lowest BCUT2D eigenvalue weighted by Crippen LogP contribution is -2.24. The molecular formula is C27H28F3NO5. The number of aryl methyl sites for hydroxylation is 1. The number of Topliss-reactive ketones (excluding diaryl/α,β-unsaturated/α-hetero) is 1. The Hall–Kier alpha value is -3.59. The van der Waals surface area contributed by atoms with Crippen LogP contribution < -0.4 is 14.2 Å². The number of hydrogen-bond donors (Lipinski definition) is 1. The Kier molecular flexibility index (Phi) is 8.57. The minimum absolute atomic E-state index is 0.0217. The molecule has 1 unspecified atom stereocenters. The maximum absolute atomic E-state index is 13.8. The molecule has 0 fully saturated rings. The minimum Gasteiger partial charge on any atom is -0.494 e. The molecule has 0 aliphatic heterocycles. The van der Waals surface area contributed by atoms with Gasteiger partial charge in [-0.1, -0.05) is 0 Å². The van der Waals surface area contributed by atoms with Gasteiger partial charge in [0.25, 0.3) is 6.43 Å². The van der Waals surface area contributed by atoms with Gasteiger partial charge < -0.3 is 19.3 Å². The molecule has 3 aromatic rings. The normalized spacial score (nSPS) is 12.8. The van der Waals surface area contributed by atoms with E-state index in [1.54, 1.807) is 38.1 Å². The predicted molar refractivity (Wildman–Crippen MR) is 129 cm³/mol. The molecule has 192 valence electrons. The Balaban J connectivity index is 1.79. The number of nitrogens with zero attached hydrogens (tertiary/aromatic N) is 1. The zero-order valence-electron chi connectivity index (χ0n) is 20.5. The summed E-state index contributed by atoms with van der Waals surface area (Å²) in [6.45, 7) is 2.40. The predicted octanol–water partition coefficient (Wildman–Crippen LogP) is 5.73. The highest BCUT2D eigenvalue weighted by Gasteiger charge is 2.28. The first-order chi connectivity index (χ1) is 17.1. The first-order valence-corrected chi connectivity index (χ1v) is 11.2. The highest BCUT2D eigenvalue weighted by molar-refractivity contribution is 5.96. The van der Waals surface area contributed by atoms with Crippen molar-refractivity contribution in [2.45, 2.75) is 38.7 Å². The molecule has 9 heteroatoms. The summed E-state index contributed by atoms with van der Waals surface area (Å²) in [5, 5.41) is 11.2. The number of carbonyl (C=O) groups excluding carboxylic acids is 1. The maximum Gasteiger partial charge on any atom is 0.272 e. The number of methoxy groups -OCH3 is 2. The second-order valence-electron chi connectivity index (χ2n) is 8.48. The lowest BCUT2D eigenvalue weighted by atomic mass is 9.92. The molecule has 1 atom stereocenters. The minimum atomic E-state index is -2.64. The lowest BCUT2D eigenvalue weighted by molar-refractivity contribution is 0.0397. The van der Waals surface area contributed by atoms with Crippen molar-refractivity contribution in [2.24, 2.45) is 0 Å². The van der Waals surface area contributed by atoms with E-state index in [0.717, 1.165) is 0 Å². The summed E-state index contributed by atoms with van der Waals surface area (Å²) in [6, 6.07) is 12.1. The van der Waals surface area contributed by atoms with Crippen LogP contribution in [0.2, 0.25) is 0 Å². The number of ether oxygens (including phenoxy) is 3.